The van der Waals surface area contributed by atoms with Crippen molar-refractivity contribution in [1.29, 1.82) is 0 Å². The van der Waals surface area contributed by atoms with Crippen LogP contribution >= 0.6 is 23.2 Å². The van der Waals surface area contributed by atoms with Crippen molar-refractivity contribution in [3.63, 3.8) is 0 Å². The largest absolute Gasteiger partial charge is 0.506 e. The summed E-state index contributed by atoms with van der Waals surface area (Å²) >= 11 is 11.7. The smallest absolute Gasteiger partial charge is 0.276 e. The highest BCUT2D eigenvalue weighted by Gasteiger charge is 2.12. The molecule has 0 aliphatic rings. The van der Waals surface area contributed by atoms with Gasteiger partial charge in [0.1, 0.15) is 11.5 Å². The van der Waals surface area contributed by atoms with Gasteiger partial charge < -0.3 is 15.2 Å². The number of carbonyl (C=O) groups excluding carboxylic acids is 1. The molecular formula is C17H13Cl2N3O3. The maximum absolute atomic E-state index is 12.2. The lowest BCUT2D eigenvalue weighted by atomic mass is 10.3. The zero-order chi connectivity index (χ0) is 17.8. The van der Waals surface area contributed by atoms with E-state index in [2.05, 4.69) is 10.4 Å². The normalized spacial score (nSPS) is 10.5. The molecule has 128 valence electrons. The Hall–Kier alpha value is -2.70. The molecule has 0 saturated heterocycles. The summed E-state index contributed by atoms with van der Waals surface area (Å²) in [6.07, 6.45) is 1.61. The average molecular weight is 378 g/mol. The van der Waals surface area contributed by atoms with Gasteiger partial charge >= 0.3 is 0 Å². The van der Waals surface area contributed by atoms with Crippen molar-refractivity contribution >= 4 is 34.8 Å². The Bertz CT molecular complexity index is 894. The number of aromatic nitrogens is 2. The molecule has 6 nitrogen and oxygen atoms in total. The molecule has 1 heterocycles. The number of halogens is 2. The molecule has 0 aliphatic heterocycles. The van der Waals surface area contributed by atoms with Crippen molar-refractivity contribution in [3.8, 4) is 11.5 Å². The fraction of sp³-hybridized carbons (Fsp3) is 0.0588. The van der Waals surface area contributed by atoms with E-state index in [0.29, 0.717) is 15.8 Å². The van der Waals surface area contributed by atoms with Crippen molar-refractivity contribution < 1.29 is 14.6 Å². The van der Waals surface area contributed by atoms with E-state index in [1.54, 1.807) is 36.5 Å². The van der Waals surface area contributed by atoms with Crippen LogP contribution in [0.25, 0.3) is 0 Å². The van der Waals surface area contributed by atoms with Crippen LogP contribution < -0.4 is 10.1 Å². The molecule has 0 aliphatic carbocycles. The molecule has 25 heavy (non-hydrogen) atoms. The summed E-state index contributed by atoms with van der Waals surface area (Å²) < 4.78 is 7.02. The fourth-order valence-electron chi connectivity index (χ4n) is 2.02. The van der Waals surface area contributed by atoms with E-state index in [1.807, 2.05) is 0 Å². The van der Waals surface area contributed by atoms with Gasteiger partial charge in [-0.2, -0.15) is 5.10 Å². The van der Waals surface area contributed by atoms with Crippen LogP contribution in [0.15, 0.2) is 54.7 Å². The second kappa shape index (κ2) is 7.46. The number of hydrogen-bond acceptors (Lipinski definition) is 4. The summed E-state index contributed by atoms with van der Waals surface area (Å²) in [4.78, 5) is 12.2. The van der Waals surface area contributed by atoms with Gasteiger partial charge in [-0.25, -0.2) is 4.68 Å². The summed E-state index contributed by atoms with van der Waals surface area (Å²) in [5.74, 6) is 0.0841. The fourth-order valence-corrected chi connectivity index (χ4v) is 2.32. The van der Waals surface area contributed by atoms with Crippen LogP contribution in [0.5, 0.6) is 11.5 Å². The highest BCUT2D eigenvalue weighted by Crippen LogP contribution is 2.26. The van der Waals surface area contributed by atoms with E-state index in [1.165, 1.54) is 22.9 Å². The molecule has 0 radical (unpaired) electrons. The predicted molar refractivity (Wildman–Crippen MR) is 95.4 cm³/mol. The Balaban J connectivity index is 1.63. The zero-order valence-corrected chi connectivity index (χ0v) is 14.3. The number of anilines is 1. The molecular weight excluding hydrogens is 365 g/mol. The maximum Gasteiger partial charge on any atom is 0.276 e. The second-order valence-corrected chi connectivity index (χ2v) is 5.96. The van der Waals surface area contributed by atoms with Gasteiger partial charge in [-0.1, -0.05) is 23.2 Å². The molecule has 0 fully saturated rings. The summed E-state index contributed by atoms with van der Waals surface area (Å²) in [5, 5.41) is 17.4. The van der Waals surface area contributed by atoms with Crippen LogP contribution in [-0.2, 0) is 6.73 Å². The molecule has 0 unspecified atom stereocenters. The first-order valence-electron chi connectivity index (χ1n) is 7.23. The molecule has 2 N–H and O–H groups in total. The average Bonchev–Trinajstić information content (AvgIpc) is 3.07. The number of amides is 1. The SMILES string of the molecule is O=C(Nc1cc(Cl)ccc1O)c1ccn(COc2ccc(Cl)cc2)n1. The highest BCUT2D eigenvalue weighted by atomic mass is 35.5. The minimum atomic E-state index is -0.470. The maximum atomic E-state index is 12.2. The third kappa shape index (κ3) is 4.43. The number of nitrogens with one attached hydrogen (secondary N) is 1. The number of benzene rings is 2. The number of aromatic hydroxyl groups is 1. The van der Waals surface area contributed by atoms with E-state index >= 15 is 0 Å². The monoisotopic (exact) mass is 377 g/mol. The molecule has 0 atom stereocenters. The van der Waals surface area contributed by atoms with Crippen LogP contribution in [0.2, 0.25) is 10.0 Å². The van der Waals surface area contributed by atoms with Crippen LogP contribution in [-0.4, -0.2) is 20.8 Å². The topological polar surface area (TPSA) is 76.4 Å². The van der Waals surface area contributed by atoms with Crippen molar-refractivity contribution in [1.82, 2.24) is 9.78 Å². The van der Waals surface area contributed by atoms with Crippen molar-refractivity contribution in [2.45, 2.75) is 6.73 Å². The van der Waals surface area contributed by atoms with Gasteiger partial charge in [0.2, 0.25) is 0 Å². The van der Waals surface area contributed by atoms with Gasteiger partial charge in [-0.15, -0.1) is 0 Å². The quantitative estimate of drug-likeness (QED) is 0.653. The number of ether oxygens (including phenoxy) is 1. The van der Waals surface area contributed by atoms with E-state index in [9.17, 15) is 9.90 Å². The van der Waals surface area contributed by atoms with Crippen LogP contribution in [0.4, 0.5) is 5.69 Å². The third-order valence-corrected chi connectivity index (χ3v) is 3.74. The molecule has 0 bridgehead atoms. The van der Waals surface area contributed by atoms with Gasteiger partial charge in [0.25, 0.3) is 5.91 Å². The van der Waals surface area contributed by atoms with Crippen LogP contribution in [0.3, 0.4) is 0 Å². The number of carbonyl (C=O) groups is 1. The van der Waals surface area contributed by atoms with Gasteiger partial charge in [0.15, 0.2) is 12.4 Å². The van der Waals surface area contributed by atoms with Crippen LogP contribution in [0, 0.1) is 0 Å². The Morgan fingerprint density at radius 1 is 1.12 bits per heavy atom. The molecule has 3 rings (SSSR count). The third-order valence-electron chi connectivity index (χ3n) is 3.26. The van der Waals surface area contributed by atoms with E-state index in [0.717, 1.165) is 0 Å². The number of phenolic OH excluding ortho intramolecular Hbond substituents is 1. The van der Waals surface area contributed by atoms with Crippen molar-refractivity contribution in [2.75, 3.05) is 5.32 Å². The minimum Gasteiger partial charge on any atom is -0.506 e. The number of rotatable bonds is 5. The molecule has 8 heteroatoms. The van der Waals surface area contributed by atoms with Crippen molar-refractivity contribution in [3.05, 3.63) is 70.5 Å². The summed E-state index contributed by atoms with van der Waals surface area (Å²) in [7, 11) is 0. The van der Waals surface area contributed by atoms with Gasteiger partial charge in [0.05, 0.1) is 5.69 Å². The molecule has 2 aromatic carbocycles. The first-order valence-corrected chi connectivity index (χ1v) is 7.98. The summed E-state index contributed by atoms with van der Waals surface area (Å²) in [6.45, 7) is 0.136. The number of hydrogen-bond donors (Lipinski definition) is 2. The second-order valence-electron chi connectivity index (χ2n) is 5.08. The highest BCUT2D eigenvalue weighted by molar-refractivity contribution is 6.31. The molecule has 3 aromatic rings. The van der Waals surface area contributed by atoms with Gasteiger partial charge in [-0.3, -0.25) is 4.79 Å². The van der Waals surface area contributed by atoms with Crippen LogP contribution in [0.1, 0.15) is 10.5 Å². The van der Waals surface area contributed by atoms with E-state index in [-0.39, 0.29) is 23.9 Å². The molecule has 1 aromatic heterocycles. The Kier molecular flexibility index (Phi) is 5.11. The molecule has 1 amide bonds. The number of nitrogens with zero attached hydrogens (tertiary/aromatic N) is 2. The van der Waals surface area contributed by atoms with Crippen molar-refractivity contribution in [2.24, 2.45) is 0 Å². The molecule has 0 spiro atoms. The first kappa shape index (κ1) is 17.1. The summed E-state index contributed by atoms with van der Waals surface area (Å²) in [6, 6.07) is 12.8. The van der Waals surface area contributed by atoms with Gasteiger partial charge in [-0.05, 0) is 48.5 Å². The number of phenols is 1. The first-order chi connectivity index (χ1) is 12.0. The lowest BCUT2D eigenvalue weighted by Crippen LogP contribution is -2.14. The Morgan fingerprint density at radius 3 is 2.60 bits per heavy atom. The lowest BCUT2D eigenvalue weighted by molar-refractivity contribution is 0.102. The van der Waals surface area contributed by atoms with Gasteiger partial charge in [0, 0.05) is 16.2 Å². The standard InChI is InChI=1S/C17H13Cl2N3O3/c18-11-1-4-13(5-2-11)25-10-22-8-7-14(21-22)17(24)20-15-9-12(19)3-6-16(15)23/h1-9,23H,10H2,(H,20,24). The molecule has 0 saturated carbocycles. The Morgan fingerprint density at radius 2 is 1.84 bits per heavy atom. The Labute approximate surface area is 153 Å². The van der Waals surface area contributed by atoms with E-state index in [4.69, 9.17) is 27.9 Å². The summed E-state index contributed by atoms with van der Waals surface area (Å²) in [5.41, 5.74) is 0.392. The minimum absolute atomic E-state index is 0.0803. The predicted octanol–water partition coefficient (Wildman–Crippen LogP) is 4.18. The van der Waals surface area contributed by atoms with E-state index < -0.39 is 5.91 Å². The lowest BCUT2D eigenvalue weighted by Gasteiger charge is -2.07. The zero-order valence-electron chi connectivity index (χ0n) is 12.8.